The minimum Gasteiger partial charge on any atom is -0.456 e. The molecule has 0 amide bonds. The monoisotopic (exact) mass is 665 g/mol. The first kappa shape index (κ1) is 28.7. The second kappa shape index (κ2) is 11.2. The molecule has 5 heteroatoms. The summed E-state index contributed by atoms with van der Waals surface area (Å²) in [4.78, 5) is 15.3. The fraction of sp³-hybridized carbons (Fsp3) is 0. The fourth-order valence-electron chi connectivity index (χ4n) is 7.59. The number of para-hydroxylation sites is 1. The van der Waals surface area contributed by atoms with Crippen LogP contribution in [0.25, 0.3) is 111 Å². The average Bonchev–Trinajstić information content (AvgIpc) is 3.78. The molecule has 8 aromatic carbocycles. The van der Waals surface area contributed by atoms with E-state index in [1.54, 1.807) is 0 Å². The van der Waals surface area contributed by atoms with Crippen LogP contribution in [0.5, 0.6) is 0 Å². The van der Waals surface area contributed by atoms with Crippen molar-refractivity contribution < 1.29 is 8.83 Å². The topological polar surface area (TPSA) is 65.0 Å². The zero-order valence-corrected chi connectivity index (χ0v) is 27.7. The average molecular weight is 666 g/mol. The molecule has 11 aromatic rings. The molecule has 52 heavy (non-hydrogen) atoms. The summed E-state index contributed by atoms with van der Waals surface area (Å²) < 4.78 is 12.6. The highest BCUT2D eigenvalue weighted by Crippen LogP contribution is 2.40. The summed E-state index contributed by atoms with van der Waals surface area (Å²) >= 11 is 0. The molecule has 0 bridgehead atoms. The Hall–Kier alpha value is -7.11. The highest BCUT2D eigenvalue weighted by Gasteiger charge is 2.19. The Balaban J connectivity index is 1.10. The lowest BCUT2D eigenvalue weighted by molar-refractivity contribution is 0.668. The molecule has 3 heterocycles. The molecule has 11 rings (SSSR count). The highest BCUT2D eigenvalue weighted by molar-refractivity contribution is 6.13. The number of rotatable bonds is 4. The normalized spacial score (nSPS) is 11.8. The number of hydrogen-bond acceptors (Lipinski definition) is 5. The van der Waals surface area contributed by atoms with Crippen molar-refractivity contribution in [3.8, 4) is 45.3 Å². The first-order valence-corrected chi connectivity index (χ1v) is 17.3. The zero-order valence-electron chi connectivity index (χ0n) is 27.7. The van der Waals surface area contributed by atoms with Gasteiger partial charge in [0, 0.05) is 38.2 Å². The van der Waals surface area contributed by atoms with Crippen LogP contribution in [-0.4, -0.2) is 15.0 Å². The molecule has 0 N–H and O–H groups in total. The van der Waals surface area contributed by atoms with Gasteiger partial charge in [0.15, 0.2) is 17.5 Å². The van der Waals surface area contributed by atoms with Crippen LogP contribution >= 0.6 is 0 Å². The molecule has 0 radical (unpaired) electrons. The lowest BCUT2D eigenvalue weighted by Crippen LogP contribution is -2.00. The van der Waals surface area contributed by atoms with Gasteiger partial charge in [-0.1, -0.05) is 121 Å². The second-order valence-corrected chi connectivity index (χ2v) is 13.2. The van der Waals surface area contributed by atoms with Crippen LogP contribution in [0, 0.1) is 0 Å². The quantitative estimate of drug-likeness (QED) is 0.175. The first-order chi connectivity index (χ1) is 25.7. The lowest BCUT2D eigenvalue weighted by Gasteiger charge is -2.10. The molecule has 0 saturated carbocycles. The van der Waals surface area contributed by atoms with E-state index < -0.39 is 0 Å². The van der Waals surface area contributed by atoms with Crippen LogP contribution in [0.2, 0.25) is 0 Å². The molecule has 0 spiro atoms. The molecule has 0 fully saturated rings. The predicted octanol–water partition coefficient (Wildman–Crippen LogP) is 12.6. The van der Waals surface area contributed by atoms with Crippen LogP contribution in [0.15, 0.2) is 173 Å². The van der Waals surface area contributed by atoms with E-state index in [1.165, 1.54) is 16.2 Å². The number of furan rings is 2. The molecule has 0 saturated heterocycles. The fourth-order valence-corrected chi connectivity index (χ4v) is 7.59. The second-order valence-electron chi connectivity index (χ2n) is 13.2. The van der Waals surface area contributed by atoms with Crippen LogP contribution in [0.1, 0.15) is 0 Å². The van der Waals surface area contributed by atoms with Gasteiger partial charge in [-0.15, -0.1) is 0 Å². The van der Waals surface area contributed by atoms with Crippen LogP contribution in [0.4, 0.5) is 0 Å². The SMILES string of the molecule is c1ccc(-c2nc(-c3ccc4c(ccc5ccccc54)c3)nc(-c3cccc4oc5ccc(-c6ccc7oc8ccccc8c7c6)cc5c34)n2)cc1. The summed E-state index contributed by atoms with van der Waals surface area (Å²) in [6.45, 7) is 0. The Morgan fingerprint density at radius 2 is 0.904 bits per heavy atom. The molecule has 242 valence electrons. The van der Waals surface area contributed by atoms with Gasteiger partial charge in [0.2, 0.25) is 0 Å². The van der Waals surface area contributed by atoms with Gasteiger partial charge in [0.25, 0.3) is 0 Å². The van der Waals surface area contributed by atoms with E-state index in [2.05, 4.69) is 103 Å². The largest absolute Gasteiger partial charge is 0.456 e. The molecular formula is C47H27N3O2. The summed E-state index contributed by atoms with van der Waals surface area (Å²) in [6, 6.07) is 56.4. The van der Waals surface area contributed by atoms with Crippen LogP contribution in [0.3, 0.4) is 0 Å². The third-order valence-corrected chi connectivity index (χ3v) is 10.1. The number of fused-ring (bicyclic) bond motifs is 9. The molecular weight excluding hydrogens is 639 g/mol. The Labute approximate surface area is 297 Å². The summed E-state index contributed by atoms with van der Waals surface area (Å²) in [5, 5.41) is 8.95. The van der Waals surface area contributed by atoms with Gasteiger partial charge in [-0.05, 0) is 75.1 Å². The first-order valence-electron chi connectivity index (χ1n) is 17.3. The molecule has 0 unspecified atom stereocenters. The smallest absolute Gasteiger partial charge is 0.164 e. The third-order valence-electron chi connectivity index (χ3n) is 10.1. The van der Waals surface area contributed by atoms with Crippen molar-refractivity contribution in [2.75, 3.05) is 0 Å². The maximum atomic E-state index is 6.45. The van der Waals surface area contributed by atoms with Gasteiger partial charge in [-0.3, -0.25) is 0 Å². The highest BCUT2D eigenvalue weighted by atomic mass is 16.3. The zero-order chi connectivity index (χ0) is 34.2. The maximum Gasteiger partial charge on any atom is 0.164 e. The standard InChI is InChI=1S/C47H27N3O2/c1-2-10-29(11-3-1)45-48-46(33-19-22-35-32(25-33)18-17-28-9-4-5-12-34(28)35)50-47(49-45)37-14-8-16-43-44(37)39-27-31(21-24-42(39)52-43)30-20-23-41-38(26-30)36-13-6-7-15-40(36)51-41/h1-27H. The van der Waals surface area contributed by atoms with E-state index >= 15 is 0 Å². The lowest BCUT2D eigenvalue weighted by atomic mass is 9.99. The van der Waals surface area contributed by atoms with Crippen molar-refractivity contribution >= 4 is 65.4 Å². The van der Waals surface area contributed by atoms with Crippen molar-refractivity contribution in [2.24, 2.45) is 0 Å². The Morgan fingerprint density at radius 1 is 0.308 bits per heavy atom. The van der Waals surface area contributed by atoms with Crippen molar-refractivity contribution in [1.82, 2.24) is 15.0 Å². The van der Waals surface area contributed by atoms with Crippen molar-refractivity contribution in [1.29, 1.82) is 0 Å². The molecule has 3 aromatic heterocycles. The number of benzene rings is 8. The summed E-state index contributed by atoms with van der Waals surface area (Å²) in [5.74, 6) is 1.82. The van der Waals surface area contributed by atoms with E-state index in [0.717, 1.165) is 77.1 Å². The molecule has 0 aliphatic heterocycles. The van der Waals surface area contributed by atoms with E-state index in [-0.39, 0.29) is 0 Å². The Bertz CT molecular complexity index is 3190. The maximum absolute atomic E-state index is 6.45. The van der Waals surface area contributed by atoms with Gasteiger partial charge >= 0.3 is 0 Å². The van der Waals surface area contributed by atoms with E-state index in [4.69, 9.17) is 23.8 Å². The van der Waals surface area contributed by atoms with E-state index in [1.807, 2.05) is 60.7 Å². The third kappa shape index (κ3) is 4.53. The van der Waals surface area contributed by atoms with Gasteiger partial charge in [-0.25, -0.2) is 15.0 Å². The van der Waals surface area contributed by atoms with Crippen molar-refractivity contribution in [3.05, 3.63) is 164 Å². The molecule has 5 nitrogen and oxygen atoms in total. The molecule has 0 aliphatic rings. The van der Waals surface area contributed by atoms with Crippen molar-refractivity contribution in [3.63, 3.8) is 0 Å². The number of hydrogen-bond donors (Lipinski definition) is 0. The summed E-state index contributed by atoms with van der Waals surface area (Å²) in [6.07, 6.45) is 0. The summed E-state index contributed by atoms with van der Waals surface area (Å²) in [7, 11) is 0. The van der Waals surface area contributed by atoms with Gasteiger partial charge in [0.05, 0.1) is 0 Å². The minimum absolute atomic E-state index is 0.590. The van der Waals surface area contributed by atoms with Gasteiger partial charge < -0.3 is 8.83 Å². The number of nitrogens with zero attached hydrogens (tertiary/aromatic N) is 3. The predicted molar refractivity (Wildman–Crippen MR) is 211 cm³/mol. The van der Waals surface area contributed by atoms with Crippen LogP contribution < -0.4 is 0 Å². The van der Waals surface area contributed by atoms with Gasteiger partial charge in [0.1, 0.15) is 22.3 Å². The summed E-state index contributed by atoms with van der Waals surface area (Å²) in [5.41, 5.74) is 8.28. The molecule has 0 aliphatic carbocycles. The van der Waals surface area contributed by atoms with E-state index in [0.29, 0.717) is 17.5 Å². The minimum atomic E-state index is 0.590. The van der Waals surface area contributed by atoms with E-state index in [9.17, 15) is 0 Å². The Morgan fingerprint density at radius 3 is 1.77 bits per heavy atom. The van der Waals surface area contributed by atoms with Gasteiger partial charge in [-0.2, -0.15) is 0 Å². The van der Waals surface area contributed by atoms with Crippen LogP contribution in [-0.2, 0) is 0 Å². The Kier molecular flexibility index (Phi) is 6.18. The number of aromatic nitrogens is 3. The molecule has 0 atom stereocenters. The van der Waals surface area contributed by atoms with Crippen molar-refractivity contribution in [2.45, 2.75) is 0 Å².